The van der Waals surface area contributed by atoms with E-state index >= 15 is 0 Å². The third kappa shape index (κ3) is 3.82. The van der Waals surface area contributed by atoms with Gasteiger partial charge >= 0.3 is 0 Å². The van der Waals surface area contributed by atoms with Gasteiger partial charge in [-0.3, -0.25) is 4.79 Å². The van der Waals surface area contributed by atoms with Crippen LogP contribution in [0.3, 0.4) is 0 Å². The molecule has 2 N–H and O–H groups in total. The molecule has 0 aromatic carbocycles. The minimum Gasteiger partial charge on any atom is -0.388 e. The van der Waals surface area contributed by atoms with Crippen LogP contribution in [0.15, 0.2) is 4.52 Å². The fourth-order valence-corrected chi connectivity index (χ4v) is 2.84. The second-order valence-electron chi connectivity index (χ2n) is 5.86. The molecule has 5 nitrogen and oxygen atoms in total. The number of nitrogens with one attached hydrogen (secondary N) is 1. The summed E-state index contributed by atoms with van der Waals surface area (Å²) in [6, 6.07) is 0. The maximum absolute atomic E-state index is 11.9. The van der Waals surface area contributed by atoms with Crippen molar-refractivity contribution in [2.24, 2.45) is 0 Å². The zero-order valence-corrected chi connectivity index (χ0v) is 12.4. The molecule has 2 rings (SSSR count). The zero-order valence-electron chi connectivity index (χ0n) is 12.4. The molecular weight excluding hydrogens is 256 g/mol. The average molecular weight is 280 g/mol. The molecule has 0 atom stereocenters. The Balaban J connectivity index is 1.75. The number of carbonyl (C=O) groups is 1. The van der Waals surface area contributed by atoms with Crippen LogP contribution in [0.4, 0.5) is 0 Å². The van der Waals surface area contributed by atoms with Crippen LogP contribution in [-0.2, 0) is 11.2 Å². The quantitative estimate of drug-likeness (QED) is 0.865. The standard InChI is InChI=1S/C15H24N2O3/c1-11-13(12(2)20-17-11)6-7-14(18)16-10-15(19)8-4-3-5-9-15/h19H,3-10H2,1-2H3,(H,16,18). The lowest BCUT2D eigenvalue weighted by Crippen LogP contribution is -2.44. The highest BCUT2D eigenvalue weighted by Gasteiger charge is 2.29. The van der Waals surface area contributed by atoms with Crippen LogP contribution in [0.2, 0.25) is 0 Å². The molecule has 1 saturated carbocycles. The van der Waals surface area contributed by atoms with Crippen LogP contribution in [0.25, 0.3) is 0 Å². The van der Waals surface area contributed by atoms with Crippen LogP contribution in [0, 0.1) is 13.8 Å². The monoisotopic (exact) mass is 280 g/mol. The van der Waals surface area contributed by atoms with Gasteiger partial charge in [-0.05, 0) is 33.1 Å². The molecule has 0 unspecified atom stereocenters. The van der Waals surface area contributed by atoms with E-state index in [-0.39, 0.29) is 5.91 Å². The summed E-state index contributed by atoms with van der Waals surface area (Å²) < 4.78 is 5.08. The molecular formula is C15H24N2O3. The van der Waals surface area contributed by atoms with Crippen LogP contribution in [0.1, 0.15) is 55.5 Å². The second-order valence-corrected chi connectivity index (χ2v) is 5.86. The molecule has 0 bridgehead atoms. The SMILES string of the molecule is Cc1noc(C)c1CCC(=O)NCC1(O)CCCCC1. The Morgan fingerprint density at radius 1 is 1.35 bits per heavy atom. The summed E-state index contributed by atoms with van der Waals surface area (Å²) in [4.78, 5) is 11.9. The summed E-state index contributed by atoms with van der Waals surface area (Å²) in [6.07, 6.45) is 5.89. The van der Waals surface area contributed by atoms with Gasteiger partial charge in [0, 0.05) is 18.5 Å². The third-order valence-electron chi connectivity index (χ3n) is 4.18. The molecule has 1 heterocycles. The van der Waals surface area contributed by atoms with Crippen LogP contribution in [0.5, 0.6) is 0 Å². The second kappa shape index (κ2) is 6.39. The van der Waals surface area contributed by atoms with Gasteiger partial charge in [0.1, 0.15) is 5.76 Å². The Labute approximate surface area is 119 Å². The molecule has 1 fully saturated rings. The molecule has 112 valence electrons. The Bertz CT molecular complexity index is 442. The molecule has 0 saturated heterocycles. The van der Waals surface area contributed by atoms with E-state index in [0.717, 1.165) is 42.7 Å². The van der Waals surface area contributed by atoms with E-state index in [1.807, 2.05) is 13.8 Å². The number of amides is 1. The van der Waals surface area contributed by atoms with Crippen molar-refractivity contribution in [3.05, 3.63) is 17.0 Å². The molecule has 1 aliphatic carbocycles. The van der Waals surface area contributed by atoms with E-state index in [1.165, 1.54) is 6.42 Å². The number of hydrogen-bond donors (Lipinski definition) is 2. The largest absolute Gasteiger partial charge is 0.388 e. The van der Waals surface area contributed by atoms with E-state index in [9.17, 15) is 9.90 Å². The first-order valence-electron chi connectivity index (χ1n) is 7.41. The topological polar surface area (TPSA) is 75.4 Å². The summed E-state index contributed by atoms with van der Waals surface area (Å²) in [5.41, 5.74) is 1.16. The molecule has 1 aliphatic rings. The number of aliphatic hydroxyl groups is 1. The Morgan fingerprint density at radius 3 is 2.65 bits per heavy atom. The Morgan fingerprint density at radius 2 is 2.05 bits per heavy atom. The van der Waals surface area contributed by atoms with E-state index < -0.39 is 5.60 Å². The van der Waals surface area contributed by atoms with Gasteiger partial charge in [0.2, 0.25) is 5.91 Å². The first-order valence-corrected chi connectivity index (χ1v) is 7.41. The molecule has 1 amide bonds. The van der Waals surface area contributed by atoms with Crippen molar-refractivity contribution in [3.63, 3.8) is 0 Å². The molecule has 1 aromatic heterocycles. The highest BCUT2D eigenvalue weighted by molar-refractivity contribution is 5.76. The maximum atomic E-state index is 11.9. The first kappa shape index (κ1) is 15.0. The van der Waals surface area contributed by atoms with Crippen LogP contribution >= 0.6 is 0 Å². The van der Waals surface area contributed by atoms with Gasteiger partial charge in [-0.1, -0.05) is 24.4 Å². The van der Waals surface area contributed by atoms with Crippen molar-refractivity contribution >= 4 is 5.91 Å². The molecule has 0 spiro atoms. The number of carbonyl (C=O) groups excluding carboxylic acids is 1. The maximum Gasteiger partial charge on any atom is 0.220 e. The predicted molar refractivity (Wildman–Crippen MR) is 75.3 cm³/mol. The predicted octanol–water partition coefficient (Wildman–Crippen LogP) is 2.04. The van der Waals surface area contributed by atoms with Gasteiger partial charge in [0.15, 0.2) is 0 Å². The van der Waals surface area contributed by atoms with Crippen molar-refractivity contribution in [2.45, 2.75) is 64.4 Å². The zero-order chi connectivity index (χ0) is 14.6. The van der Waals surface area contributed by atoms with Crippen molar-refractivity contribution < 1.29 is 14.4 Å². The molecule has 0 aliphatic heterocycles. The summed E-state index contributed by atoms with van der Waals surface area (Å²) in [5.74, 6) is 0.755. The van der Waals surface area contributed by atoms with E-state index in [1.54, 1.807) is 0 Å². The summed E-state index contributed by atoms with van der Waals surface area (Å²) in [6.45, 7) is 4.11. The highest BCUT2D eigenvalue weighted by Crippen LogP contribution is 2.27. The van der Waals surface area contributed by atoms with Crippen LogP contribution < -0.4 is 5.32 Å². The van der Waals surface area contributed by atoms with Gasteiger partial charge in [-0.2, -0.15) is 0 Å². The van der Waals surface area contributed by atoms with Crippen molar-refractivity contribution in [1.82, 2.24) is 10.5 Å². The van der Waals surface area contributed by atoms with Gasteiger partial charge < -0.3 is 14.9 Å². The summed E-state index contributed by atoms with van der Waals surface area (Å²) >= 11 is 0. The van der Waals surface area contributed by atoms with Gasteiger partial charge in [-0.25, -0.2) is 0 Å². The lowest BCUT2D eigenvalue weighted by atomic mass is 9.85. The molecule has 20 heavy (non-hydrogen) atoms. The Kier molecular flexibility index (Phi) is 4.81. The van der Waals surface area contributed by atoms with E-state index in [0.29, 0.717) is 19.4 Å². The lowest BCUT2D eigenvalue weighted by molar-refractivity contribution is -0.122. The first-order chi connectivity index (χ1) is 9.50. The minimum absolute atomic E-state index is 0.0241. The van der Waals surface area contributed by atoms with Crippen LogP contribution in [-0.4, -0.2) is 28.3 Å². The van der Waals surface area contributed by atoms with Gasteiger partial charge in [0.05, 0.1) is 11.3 Å². The molecule has 5 heteroatoms. The normalized spacial score (nSPS) is 17.9. The number of rotatable bonds is 5. The number of aryl methyl sites for hydroxylation is 2. The summed E-state index contributed by atoms with van der Waals surface area (Å²) in [5, 5.41) is 17.1. The van der Waals surface area contributed by atoms with Crippen molar-refractivity contribution in [3.8, 4) is 0 Å². The molecule has 1 aromatic rings. The number of nitrogens with zero attached hydrogens (tertiary/aromatic N) is 1. The van der Waals surface area contributed by atoms with Gasteiger partial charge in [0.25, 0.3) is 0 Å². The average Bonchev–Trinajstić information content (AvgIpc) is 2.74. The highest BCUT2D eigenvalue weighted by atomic mass is 16.5. The number of hydrogen-bond acceptors (Lipinski definition) is 4. The lowest BCUT2D eigenvalue weighted by Gasteiger charge is -2.32. The third-order valence-corrected chi connectivity index (χ3v) is 4.18. The fraction of sp³-hybridized carbons (Fsp3) is 0.733. The van der Waals surface area contributed by atoms with Crippen molar-refractivity contribution in [1.29, 1.82) is 0 Å². The smallest absolute Gasteiger partial charge is 0.220 e. The summed E-state index contributed by atoms with van der Waals surface area (Å²) in [7, 11) is 0. The fourth-order valence-electron chi connectivity index (χ4n) is 2.84. The number of aromatic nitrogens is 1. The van der Waals surface area contributed by atoms with E-state index in [2.05, 4.69) is 10.5 Å². The van der Waals surface area contributed by atoms with E-state index in [4.69, 9.17) is 4.52 Å². The molecule has 0 radical (unpaired) electrons. The van der Waals surface area contributed by atoms with Gasteiger partial charge in [-0.15, -0.1) is 0 Å². The Hall–Kier alpha value is -1.36. The van der Waals surface area contributed by atoms with Crippen molar-refractivity contribution in [2.75, 3.05) is 6.54 Å². The minimum atomic E-state index is -0.697.